The molecule has 0 unspecified atom stereocenters. The predicted molar refractivity (Wildman–Crippen MR) is 98.2 cm³/mol. The molecule has 0 aliphatic carbocycles. The standard InChI is InChI=1S/C19H23N3O2/c1-13(2)19(24)22-16-9-7-15(8-10-16)21-18(23)12-20-17-6-4-5-14(3)11-17/h4-11,13,20H,12H2,1-3H3,(H,21,23)(H,22,24). The third kappa shape index (κ3) is 5.43. The van der Waals surface area contributed by atoms with Gasteiger partial charge in [0.1, 0.15) is 0 Å². The van der Waals surface area contributed by atoms with Crippen molar-refractivity contribution in [3.63, 3.8) is 0 Å². The topological polar surface area (TPSA) is 70.2 Å². The number of rotatable bonds is 6. The molecule has 2 aromatic carbocycles. The Hall–Kier alpha value is -2.82. The molecular formula is C19H23N3O2. The van der Waals surface area contributed by atoms with E-state index < -0.39 is 0 Å². The van der Waals surface area contributed by atoms with Gasteiger partial charge >= 0.3 is 0 Å². The van der Waals surface area contributed by atoms with Crippen molar-refractivity contribution >= 4 is 28.9 Å². The minimum absolute atomic E-state index is 0.0332. The molecule has 24 heavy (non-hydrogen) atoms. The molecule has 3 N–H and O–H groups in total. The van der Waals surface area contributed by atoms with E-state index in [9.17, 15) is 9.59 Å². The fourth-order valence-electron chi connectivity index (χ4n) is 2.07. The summed E-state index contributed by atoms with van der Waals surface area (Å²) in [6, 6.07) is 14.9. The molecule has 0 bridgehead atoms. The molecule has 0 aliphatic rings. The van der Waals surface area contributed by atoms with Crippen LogP contribution in [0.4, 0.5) is 17.1 Å². The van der Waals surface area contributed by atoms with Crippen LogP contribution in [0.3, 0.4) is 0 Å². The lowest BCUT2D eigenvalue weighted by atomic mass is 10.2. The summed E-state index contributed by atoms with van der Waals surface area (Å²) in [6.07, 6.45) is 0. The van der Waals surface area contributed by atoms with Gasteiger partial charge in [0.2, 0.25) is 11.8 Å². The largest absolute Gasteiger partial charge is 0.376 e. The van der Waals surface area contributed by atoms with Gasteiger partial charge in [-0.3, -0.25) is 9.59 Å². The monoisotopic (exact) mass is 325 g/mol. The van der Waals surface area contributed by atoms with Crippen LogP contribution in [0.25, 0.3) is 0 Å². The Morgan fingerprint density at radius 3 is 2.12 bits per heavy atom. The molecule has 5 heteroatoms. The van der Waals surface area contributed by atoms with Crippen molar-refractivity contribution in [2.45, 2.75) is 20.8 Å². The molecule has 126 valence electrons. The minimum atomic E-state index is -0.129. The smallest absolute Gasteiger partial charge is 0.243 e. The first-order valence-corrected chi connectivity index (χ1v) is 7.95. The van der Waals surface area contributed by atoms with E-state index in [1.165, 1.54) is 0 Å². The van der Waals surface area contributed by atoms with Crippen LogP contribution < -0.4 is 16.0 Å². The first kappa shape index (κ1) is 17.5. The number of hydrogen-bond acceptors (Lipinski definition) is 3. The van der Waals surface area contributed by atoms with E-state index in [2.05, 4.69) is 16.0 Å². The average molecular weight is 325 g/mol. The fourth-order valence-corrected chi connectivity index (χ4v) is 2.07. The Morgan fingerprint density at radius 1 is 0.917 bits per heavy atom. The highest BCUT2D eigenvalue weighted by Gasteiger charge is 2.07. The Kier molecular flexibility index (Phi) is 5.95. The van der Waals surface area contributed by atoms with E-state index in [0.717, 1.165) is 11.3 Å². The predicted octanol–water partition coefficient (Wildman–Crippen LogP) is 3.64. The van der Waals surface area contributed by atoms with Gasteiger partial charge in [-0.2, -0.15) is 0 Å². The summed E-state index contributed by atoms with van der Waals surface area (Å²) in [5.41, 5.74) is 3.45. The number of nitrogens with one attached hydrogen (secondary N) is 3. The third-order valence-electron chi connectivity index (χ3n) is 3.43. The molecule has 0 atom stereocenters. The highest BCUT2D eigenvalue weighted by atomic mass is 16.2. The first-order chi connectivity index (χ1) is 11.4. The molecule has 0 aromatic heterocycles. The summed E-state index contributed by atoms with van der Waals surface area (Å²) in [5.74, 6) is -0.235. The van der Waals surface area contributed by atoms with E-state index >= 15 is 0 Å². The van der Waals surface area contributed by atoms with Gasteiger partial charge in [-0.15, -0.1) is 0 Å². The Labute approximate surface area is 142 Å². The Morgan fingerprint density at radius 2 is 1.54 bits per heavy atom. The molecule has 0 aliphatic heterocycles. The van der Waals surface area contributed by atoms with Crippen molar-refractivity contribution in [1.82, 2.24) is 0 Å². The summed E-state index contributed by atoms with van der Waals surface area (Å²) in [6.45, 7) is 5.87. The van der Waals surface area contributed by atoms with Crippen molar-refractivity contribution in [3.05, 3.63) is 54.1 Å². The number of carbonyl (C=O) groups is 2. The highest BCUT2D eigenvalue weighted by molar-refractivity contribution is 5.95. The van der Waals surface area contributed by atoms with Crippen molar-refractivity contribution in [2.24, 2.45) is 5.92 Å². The molecule has 2 amide bonds. The molecule has 2 aromatic rings. The summed E-state index contributed by atoms with van der Waals surface area (Å²) in [7, 11) is 0. The molecule has 0 fully saturated rings. The van der Waals surface area contributed by atoms with E-state index in [0.29, 0.717) is 11.4 Å². The molecular weight excluding hydrogens is 302 g/mol. The lowest BCUT2D eigenvalue weighted by molar-refractivity contribution is -0.119. The molecule has 0 spiro atoms. The van der Waals surface area contributed by atoms with Gasteiger partial charge in [-0.1, -0.05) is 26.0 Å². The molecule has 0 saturated heterocycles. The Bertz CT molecular complexity index is 709. The number of benzene rings is 2. The zero-order valence-corrected chi connectivity index (χ0v) is 14.2. The van der Waals surface area contributed by atoms with Crippen LogP contribution in [-0.2, 0) is 9.59 Å². The lowest BCUT2D eigenvalue weighted by Gasteiger charge is -2.10. The second-order valence-electron chi connectivity index (χ2n) is 5.99. The second kappa shape index (κ2) is 8.15. The maximum absolute atomic E-state index is 12.0. The molecule has 0 radical (unpaired) electrons. The molecule has 2 rings (SSSR count). The number of hydrogen-bond donors (Lipinski definition) is 3. The van der Waals surface area contributed by atoms with Crippen LogP contribution in [0.15, 0.2) is 48.5 Å². The summed E-state index contributed by atoms with van der Waals surface area (Å²) in [4.78, 5) is 23.6. The fraction of sp³-hybridized carbons (Fsp3) is 0.263. The van der Waals surface area contributed by atoms with Gasteiger partial charge in [-0.05, 0) is 48.9 Å². The van der Waals surface area contributed by atoms with E-state index in [4.69, 9.17) is 0 Å². The normalized spacial score (nSPS) is 10.3. The number of anilines is 3. The van der Waals surface area contributed by atoms with Crippen LogP contribution in [0.5, 0.6) is 0 Å². The van der Waals surface area contributed by atoms with E-state index in [1.807, 2.05) is 45.0 Å². The van der Waals surface area contributed by atoms with Gasteiger partial charge in [0.25, 0.3) is 0 Å². The van der Waals surface area contributed by atoms with Crippen molar-refractivity contribution in [2.75, 3.05) is 22.5 Å². The molecule has 5 nitrogen and oxygen atoms in total. The minimum Gasteiger partial charge on any atom is -0.376 e. The highest BCUT2D eigenvalue weighted by Crippen LogP contribution is 2.15. The molecule has 0 saturated carbocycles. The van der Waals surface area contributed by atoms with Crippen molar-refractivity contribution < 1.29 is 9.59 Å². The summed E-state index contributed by atoms with van der Waals surface area (Å²) < 4.78 is 0. The quantitative estimate of drug-likeness (QED) is 0.759. The zero-order valence-electron chi connectivity index (χ0n) is 14.2. The second-order valence-corrected chi connectivity index (χ2v) is 5.99. The van der Waals surface area contributed by atoms with Gasteiger partial charge in [0.05, 0.1) is 6.54 Å². The van der Waals surface area contributed by atoms with Gasteiger partial charge < -0.3 is 16.0 Å². The number of amides is 2. The number of carbonyl (C=O) groups excluding carboxylic acids is 2. The van der Waals surface area contributed by atoms with E-state index in [-0.39, 0.29) is 24.3 Å². The maximum atomic E-state index is 12.0. The van der Waals surface area contributed by atoms with Gasteiger partial charge in [0, 0.05) is 23.0 Å². The summed E-state index contributed by atoms with van der Waals surface area (Å²) in [5, 5.41) is 8.71. The van der Waals surface area contributed by atoms with Crippen molar-refractivity contribution in [1.29, 1.82) is 0 Å². The first-order valence-electron chi connectivity index (χ1n) is 7.95. The van der Waals surface area contributed by atoms with Crippen LogP contribution in [0.2, 0.25) is 0 Å². The van der Waals surface area contributed by atoms with Gasteiger partial charge in [-0.25, -0.2) is 0 Å². The van der Waals surface area contributed by atoms with Crippen LogP contribution >= 0.6 is 0 Å². The van der Waals surface area contributed by atoms with Gasteiger partial charge in [0.15, 0.2) is 0 Å². The maximum Gasteiger partial charge on any atom is 0.243 e. The SMILES string of the molecule is Cc1cccc(NCC(=O)Nc2ccc(NC(=O)C(C)C)cc2)c1. The van der Waals surface area contributed by atoms with Crippen molar-refractivity contribution in [3.8, 4) is 0 Å². The van der Waals surface area contributed by atoms with E-state index in [1.54, 1.807) is 24.3 Å². The van der Waals surface area contributed by atoms with Crippen LogP contribution in [0.1, 0.15) is 19.4 Å². The lowest BCUT2D eigenvalue weighted by Crippen LogP contribution is -2.21. The van der Waals surface area contributed by atoms with Crippen LogP contribution in [-0.4, -0.2) is 18.4 Å². The number of aryl methyl sites for hydroxylation is 1. The third-order valence-corrected chi connectivity index (χ3v) is 3.43. The Balaban J connectivity index is 1.84. The van der Waals surface area contributed by atoms with Crippen LogP contribution in [0, 0.1) is 12.8 Å². The zero-order chi connectivity index (χ0) is 17.5. The summed E-state index contributed by atoms with van der Waals surface area (Å²) >= 11 is 0. The average Bonchev–Trinajstić information content (AvgIpc) is 2.55. The molecule has 0 heterocycles.